The smallest absolute Gasteiger partial charge is 0.317 e. The molecule has 7 nitrogen and oxygen atoms in total. The van der Waals surface area contributed by atoms with E-state index in [4.69, 9.17) is 11.5 Å². The number of hydrogen-bond donors (Lipinski definition) is 5. The summed E-state index contributed by atoms with van der Waals surface area (Å²) in [7, 11) is 1.86. The monoisotopic (exact) mass is 323 g/mol. The first-order chi connectivity index (χ1) is 10.0. The number of carbonyl (C=O) groups excluding carboxylic acids is 2. The summed E-state index contributed by atoms with van der Waals surface area (Å²) in [6.45, 7) is 0.726. The van der Waals surface area contributed by atoms with E-state index in [1.54, 1.807) is 6.07 Å². The van der Waals surface area contributed by atoms with Gasteiger partial charge in [-0.3, -0.25) is 10.1 Å². The van der Waals surface area contributed by atoms with E-state index in [1.807, 2.05) is 31.3 Å². The Morgan fingerprint density at radius 3 is 2.55 bits per heavy atom. The molecule has 0 unspecified atom stereocenters. The standard InChI is InChI=1S/C14H17N5O2.ClH/c1-17-7-8-3-2-4-9(5-8)11-6-10(12(15)20)13(18-11)19-14(16)21;/h2-6,17-18H,7H2,1H3,(H2,15,20)(H3,16,19,21);1H. The maximum Gasteiger partial charge on any atom is 0.317 e. The predicted molar refractivity (Wildman–Crippen MR) is 88.0 cm³/mol. The van der Waals surface area contributed by atoms with Crippen LogP contribution in [0.3, 0.4) is 0 Å². The lowest BCUT2D eigenvalue weighted by Gasteiger charge is -2.03. The highest BCUT2D eigenvalue weighted by molar-refractivity contribution is 6.03. The van der Waals surface area contributed by atoms with E-state index in [1.165, 1.54) is 0 Å². The number of nitrogens with one attached hydrogen (secondary N) is 3. The number of hydrogen-bond acceptors (Lipinski definition) is 3. The first-order valence-electron chi connectivity index (χ1n) is 6.34. The maximum atomic E-state index is 11.4. The molecule has 0 fully saturated rings. The normalized spacial score (nSPS) is 9.86. The minimum absolute atomic E-state index is 0. The van der Waals surface area contributed by atoms with Crippen molar-refractivity contribution < 1.29 is 9.59 Å². The van der Waals surface area contributed by atoms with Crippen LogP contribution in [0.1, 0.15) is 15.9 Å². The second kappa shape index (κ2) is 7.48. The number of urea groups is 1. The van der Waals surface area contributed by atoms with E-state index < -0.39 is 11.9 Å². The number of aromatic amines is 1. The molecule has 1 aromatic carbocycles. The molecule has 118 valence electrons. The number of carbonyl (C=O) groups is 2. The summed E-state index contributed by atoms with van der Waals surface area (Å²) in [5.41, 5.74) is 13.2. The number of aromatic nitrogens is 1. The fraction of sp³-hybridized carbons (Fsp3) is 0.143. The third kappa shape index (κ3) is 4.00. The minimum atomic E-state index is -0.769. The van der Waals surface area contributed by atoms with Crippen LogP contribution in [0.2, 0.25) is 0 Å². The van der Waals surface area contributed by atoms with Crippen LogP contribution in [0, 0.1) is 0 Å². The van der Waals surface area contributed by atoms with Crippen LogP contribution in [0.15, 0.2) is 30.3 Å². The zero-order valence-electron chi connectivity index (χ0n) is 12.0. The van der Waals surface area contributed by atoms with Gasteiger partial charge in [0.2, 0.25) is 0 Å². The first kappa shape index (κ1) is 17.5. The van der Waals surface area contributed by atoms with Gasteiger partial charge in [-0.15, -0.1) is 12.4 Å². The SMILES string of the molecule is CNCc1cccc(-c2cc(C(N)=O)c(NC(N)=O)[nH]2)c1.Cl. The maximum absolute atomic E-state index is 11.4. The molecule has 0 aliphatic rings. The molecule has 0 aliphatic heterocycles. The van der Waals surface area contributed by atoms with Gasteiger partial charge in [0.15, 0.2) is 0 Å². The highest BCUT2D eigenvalue weighted by Gasteiger charge is 2.15. The van der Waals surface area contributed by atoms with Crippen LogP contribution in [0.4, 0.5) is 10.6 Å². The third-order valence-corrected chi connectivity index (χ3v) is 2.95. The summed E-state index contributed by atoms with van der Waals surface area (Å²) >= 11 is 0. The van der Waals surface area contributed by atoms with E-state index in [-0.39, 0.29) is 23.8 Å². The number of rotatable bonds is 5. The van der Waals surface area contributed by atoms with Crippen LogP contribution >= 0.6 is 12.4 Å². The molecule has 0 bridgehead atoms. The fourth-order valence-electron chi connectivity index (χ4n) is 2.08. The Hall–Kier alpha value is -2.51. The molecule has 1 heterocycles. The number of amides is 3. The Labute approximate surface area is 133 Å². The molecule has 0 saturated heterocycles. The largest absolute Gasteiger partial charge is 0.365 e. The van der Waals surface area contributed by atoms with Crippen LogP contribution in [0.25, 0.3) is 11.3 Å². The van der Waals surface area contributed by atoms with Gasteiger partial charge in [-0.05, 0) is 30.3 Å². The van der Waals surface area contributed by atoms with E-state index in [2.05, 4.69) is 15.6 Å². The molecular formula is C14H18ClN5O2. The molecule has 8 heteroatoms. The first-order valence-corrected chi connectivity index (χ1v) is 6.34. The van der Waals surface area contributed by atoms with Crippen LogP contribution in [0.5, 0.6) is 0 Å². The van der Waals surface area contributed by atoms with Gasteiger partial charge in [0.1, 0.15) is 5.82 Å². The summed E-state index contributed by atoms with van der Waals surface area (Å²) in [4.78, 5) is 25.3. The topological polar surface area (TPSA) is 126 Å². The zero-order chi connectivity index (χ0) is 15.4. The summed E-state index contributed by atoms with van der Waals surface area (Å²) < 4.78 is 0. The van der Waals surface area contributed by atoms with Crippen molar-refractivity contribution in [2.75, 3.05) is 12.4 Å². The molecule has 2 aromatic rings. The van der Waals surface area contributed by atoms with E-state index in [9.17, 15) is 9.59 Å². The molecule has 0 radical (unpaired) electrons. The second-order valence-electron chi connectivity index (χ2n) is 4.56. The molecule has 7 N–H and O–H groups in total. The van der Waals surface area contributed by atoms with E-state index >= 15 is 0 Å². The van der Waals surface area contributed by atoms with E-state index in [0.717, 1.165) is 17.7 Å². The van der Waals surface area contributed by atoms with E-state index in [0.29, 0.717) is 5.69 Å². The average molecular weight is 324 g/mol. The van der Waals surface area contributed by atoms with Gasteiger partial charge in [0.05, 0.1) is 5.56 Å². The van der Waals surface area contributed by atoms with Crippen LogP contribution in [-0.2, 0) is 6.54 Å². The molecule has 0 aliphatic carbocycles. The quantitative estimate of drug-likeness (QED) is 0.571. The molecule has 0 spiro atoms. The highest BCUT2D eigenvalue weighted by atomic mass is 35.5. The Balaban J connectivity index is 0.00000242. The van der Waals surface area contributed by atoms with Crippen molar-refractivity contribution in [2.24, 2.45) is 11.5 Å². The Morgan fingerprint density at radius 2 is 1.95 bits per heavy atom. The number of H-pyrrole nitrogens is 1. The van der Waals surface area contributed by atoms with Crippen molar-refractivity contribution >= 4 is 30.2 Å². The number of primary amides is 2. The third-order valence-electron chi connectivity index (χ3n) is 2.95. The molecule has 0 atom stereocenters. The van der Waals surface area contributed by atoms with Crippen LogP contribution < -0.4 is 22.1 Å². The lowest BCUT2D eigenvalue weighted by atomic mass is 10.1. The summed E-state index contributed by atoms with van der Waals surface area (Å²) in [5.74, 6) is -0.448. The van der Waals surface area contributed by atoms with Gasteiger partial charge in [-0.1, -0.05) is 18.2 Å². The Kier molecular flexibility index (Phi) is 5.97. The van der Waals surface area contributed by atoms with Crippen molar-refractivity contribution in [3.05, 3.63) is 41.5 Å². The lowest BCUT2D eigenvalue weighted by Crippen LogP contribution is -2.22. The fourth-order valence-corrected chi connectivity index (χ4v) is 2.08. The minimum Gasteiger partial charge on any atom is -0.365 e. The molecular weight excluding hydrogens is 306 g/mol. The van der Waals surface area contributed by atoms with Gasteiger partial charge in [-0.25, -0.2) is 4.79 Å². The van der Waals surface area contributed by atoms with Crippen molar-refractivity contribution in [1.29, 1.82) is 0 Å². The Bertz CT molecular complexity index is 684. The van der Waals surface area contributed by atoms with Gasteiger partial charge in [-0.2, -0.15) is 0 Å². The zero-order valence-corrected chi connectivity index (χ0v) is 12.8. The van der Waals surface area contributed by atoms with Crippen LogP contribution in [-0.4, -0.2) is 24.0 Å². The summed E-state index contributed by atoms with van der Waals surface area (Å²) in [6, 6.07) is 8.58. The van der Waals surface area contributed by atoms with Gasteiger partial charge >= 0.3 is 6.03 Å². The second-order valence-corrected chi connectivity index (χ2v) is 4.56. The Morgan fingerprint density at radius 1 is 1.23 bits per heavy atom. The predicted octanol–water partition coefficient (Wildman–Crippen LogP) is 1.41. The number of benzene rings is 1. The summed E-state index contributed by atoms with van der Waals surface area (Å²) in [6.07, 6.45) is 0. The van der Waals surface area contributed by atoms with Crippen molar-refractivity contribution in [3.63, 3.8) is 0 Å². The highest BCUT2D eigenvalue weighted by Crippen LogP contribution is 2.25. The average Bonchev–Trinajstić information content (AvgIpc) is 2.83. The van der Waals surface area contributed by atoms with Crippen molar-refractivity contribution in [1.82, 2.24) is 10.3 Å². The molecule has 22 heavy (non-hydrogen) atoms. The molecule has 3 amide bonds. The molecule has 0 saturated carbocycles. The molecule has 1 aromatic heterocycles. The van der Waals surface area contributed by atoms with Crippen molar-refractivity contribution in [2.45, 2.75) is 6.54 Å². The molecule has 2 rings (SSSR count). The summed E-state index contributed by atoms with van der Waals surface area (Å²) in [5, 5.41) is 5.42. The van der Waals surface area contributed by atoms with Crippen molar-refractivity contribution in [3.8, 4) is 11.3 Å². The number of anilines is 1. The van der Waals surface area contributed by atoms with Gasteiger partial charge in [0.25, 0.3) is 5.91 Å². The van der Waals surface area contributed by atoms with Gasteiger partial charge in [0, 0.05) is 12.2 Å². The van der Waals surface area contributed by atoms with Gasteiger partial charge < -0.3 is 21.8 Å². The number of halogens is 1. The lowest BCUT2D eigenvalue weighted by molar-refractivity contribution is 0.100. The number of nitrogens with two attached hydrogens (primary N) is 2.